The number of rotatable bonds is 3. The SMILES string of the molecule is Cc1ccc(-c2cc(C(=O)O)[nH]n2)cc1-c1ccccc1. The molecule has 4 heteroatoms. The van der Waals surface area contributed by atoms with Crippen LogP contribution in [-0.2, 0) is 0 Å². The van der Waals surface area contributed by atoms with Crippen molar-refractivity contribution in [2.75, 3.05) is 0 Å². The summed E-state index contributed by atoms with van der Waals surface area (Å²) in [6.07, 6.45) is 0. The van der Waals surface area contributed by atoms with E-state index in [0.717, 1.165) is 16.7 Å². The molecule has 0 unspecified atom stereocenters. The zero-order valence-electron chi connectivity index (χ0n) is 11.5. The zero-order chi connectivity index (χ0) is 14.8. The molecule has 0 bridgehead atoms. The van der Waals surface area contributed by atoms with E-state index in [-0.39, 0.29) is 5.69 Å². The molecule has 1 aromatic heterocycles. The van der Waals surface area contributed by atoms with Gasteiger partial charge in [-0.3, -0.25) is 5.10 Å². The number of carbonyl (C=O) groups is 1. The number of nitrogens with zero attached hydrogens (tertiary/aromatic N) is 1. The number of aryl methyl sites for hydroxylation is 1. The molecular formula is C17H14N2O2. The number of aromatic nitrogens is 2. The van der Waals surface area contributed by atoms with Gasteiger partial charge >= 0.3 is 5.97 Å². The van der Waals surface area contributed by atoms with Crippen molar-refractivity contribution in [2.24, 2.45) is 0 Å². The van der Waals surface area contributed by atoms with Crippen LogP contribution in [0.25, 0.3) is 22.4 Å². The molecule has 0 aliphatic rings. The highest BCUT2D eigenvalue weighted by Crippen LogP contribution is 2.28. The Balaban J connectivity index is 2.07. The summed E-state index contributed by atoms with van der Waals surface area (Å²) in [6, 6.07) is 17.6. The topological polar surface area (TPSA) is 66.0 Å². The van der Waals surface area contributed by atoms with Crippen molar-refractivity contribution >= 4 is 5.97 Å². The van der Waals surface area contributed by atoms with Crippen LogP contribution in [0.15, 0.2) is 54.6 Å². The summed E-state index contributed by atoms with van der Waals surface area (Å²) in [6.45, 7) is 2.05. The van der Waals surface area contributed by atoms with E-state index >= 15 is 0 Å². The average Bonchev–Trinajstić information content (AvgIpc) is 2.99. The minimum Gasteiger partial charge on any atom is -0.477 e. The minimum atomic E-state index is -1.01. The molecule has 104 valence electrons. The fraction of sp³-hybridized carbons (Fsp3) is 0.0588. The van der Waals surface area contributed by atoms with Crippen LogP contribution in [0.2, 0.25) is 0 Å². The lowest BCUT2D eigenvalue weighted by Gasteiger charge is -2.08. The van der Waals surface area contributed by atoms with Gasteiger partial charge in [-0.15, -0.1) is 0 Å². The molecule has 4 nitrogen and oxygen atoms in total. The molecule has 0 spiro atoms. The predicted molar refractivity (Wildman–Crippen MR) is 81.2 cm³/mol. The van der Waals surface area contributed by atoms with E-state index in [1.165, 1.54) is 5.56 Å². The fourth-order valence-electron chi connectivity index (χ4n) is 2.29. The molecule has 1 heterocycles. The van der Waals surface area contributed by atoms with Crippen molar-refractivity contribution in [3.05, 3.63) is 65.9 Å². The van der Waals surface area contributed by atoms with Crippen molar-refractivity contribution in [1.29, 1.82) is 0 Å². The second-order valence-electron chi connectivity index (χ2n) is 4.87. The Bertz CT molecular complexity index is 792. The van der Waals surface area contributed by atoms with Gasteiger partial charge in [0.2, 0.25) is 0 Å². The van der Waals surface area contributed by atoms with Crippen LogP contribution in [-0.4, -0.2) is 21.3 Å². The van der Waals surface area contributed by atoms with Gasteiger partial charge in [0.25, 0.3) is 0 Å². The predicted octanol–water partition coefficient (Wildman–Crippen LogP) is 3.75. The van der Waals surface area contributed by atoms with Crippen molar-refractivity contribution in [1.82, 2.24) is 10.2 Å². The summed E-state index contributed by atoms with van der Waals surface area (Å²) in [5, 5.41) is 15.5. The van der Waals surface area contributed by atoms with E-state index < -0.39 is 5.97 Å². The highest BCUT2D eigenvalue weighted by atomic mass is 16.4. The third kappa shape index (κ3) is 2.56. The Hall–Kier alpha value is -2.88. The van der Waals surface area contributed by atoms with Crippen LogP contribution < -0.4 is 0 Å². The molecule has 0 aliphatic heterocycles. The second kappa shape index (κ2) is 5.25. The van der Waals surface area contributed by atoms with Crippen LogP contribution in [0.4, 0.5) is 0 Å². The number of aromatic amines is 1. The first kappa shape index (κ1) is 13.1. The molecule has 0 amide bonds. The zero-order valence-corrected chi connectivity index (χ0v) is 11.5. The van der Waals surface area contributed by atoms with Crippen LogP contribution in [0.5, 0.6) is 0 Å². The van der Waals surface area contributed by atoms with Gasteiger partial charge in [-0.05, 0) is 35.7 Å². The Labute approximate surface area is 122 Å². The lowest BCUT2D eigenvalue weighted by molar-refractivity contribution is 0.0690. The van der Waals surface area contributed by atoms with Crippen molar-refractivity contribution in [2.45, 2.75) is 6.92 Å². The smallest absolute Gasteiger partial charge is 0.353 e. The van der Waals surface area contributed by atoms with E-state index in [0.29, 0.717) is 5.69 Å². The third-order valence-electron chi connectivity index (χ3n) is 3.43. The largest absolute Gasteiger partial charge is 0.477 e. The van der Waals surface area contributed by atoms with Gasteiger partial charge in [0.15, 0.2) is 0 Å². The second-order valence-corrected chi connectivity index (χ2v) is 4.87. The minimum absolute atomic E-state index is 0.0897. The molecule has 21 heavy (non-hydrogen) atoms. The third-order valence-corrected chi connectivity index (χ3v) is 3.43. The van der Waals surface area contributed by atoms with Crippen LogP contribution >= 0.6 is 0 Å². The van der Waals surface area contributed by atoms with Crippen molar-refractivity contribution in [3.63, 3.8) is 0 Å². The Morgan fingerprint density at radius 1 is 1.05 bits per heavy atom. The Morgan fingerprint density at radius 3 is 2.48 bits per heavy atom. The van der Waals surface area contributed by atoms with Gasteiger partial charge in [-0.2, -0.15) is 5.10 Å². The fourth-order valence-corrected chi connectivity index (χ4v) is 2.29. The summed E-state index contributed by atoms with van der Waals surface area (Å²) >= 11 is 0. The van der Waals surface area contributed by atoms with Gasteiger partial charge in [-0.1, -0.05) is 42.5 Å². The molecular weight excluding hydrogens is 264 g/mol. The van der Waals surface area contributed by atoms with Crippen molar-refractivity contribution in [3.8, 4) is 22.4 Å². The van der Waals surface area contributed by atoms with Crippen LogP contribution in [0, 0.1) is 6.92 Å². The molecule has 3 aromatic rings. The molecule has 0 atom stereocenters. The Morgan fingerprint density at radius 2 is 1.81 bits per heavy atom. The number of carboxylic acids is 1. The summed E-state index contributed by atoms with van der Waals surface area (Å²) in [5.74, 6) is -1.01. The first-order chi connectivity index (χ1) is 10.1. The normalized spacial score (nSPS) is 10.5. The first-order valence-corrected chi connectivity index (χ1v) is 6.60. The van der Waals surface area contributed by atoms with Gasteiger partial charge in [0.05, 0.1) is 5.69 Å². The van der Waals surface area contributed by atoms with E-state index in [9.17, 15) is 4.79 Å². The summed E-state index contributed by atoms with van der Waals surface area (Å²) in [4.78, 5) is 10.9. The monoisotopic (exact) mass is 278 g/mol. The highest BCUT2D eigenvalue weighted by molar-refractivity contribution is 5.87. The van der Waals surface area contributed by atoms with Crippen LogP contribution in [0.3, 0.4) is 0 Å². The molecule has 0 saturated heterocycles. The maximum absolute atomic E-state index is 10.9. The molecule has 2 N–H and O–H groups in total. The summed E-state index contributed by atoms with van der Waals surface area (Å²) in [7, 11) is 0. The quantitative estimate of drug-likeness (QED) is 0.766. The number of aromatic carboxylic acids is 1. The average molecular weight is 278 g/mol. The number of hydrogen-bond donors (Lipinski definition) is 2. The highest BCUT2D eigenvalue weighted by Gasteiger charge is 2.11. The standard InChI is InChI=1S/C17H14N2O2/c1-11-7-8-13(15-10-16(17(20)21)19-18-15)9-14(11)12-5-3-2-4-6-12/h2-10H,1H3,(H,18,19)(H,20,21). The number of benzene rings is 2. The first-order valence-electron chi connectivity index (χ1n) is 6.60. The summed E-state index contributed by atoms with van der Waals surface area (Å²) in [5.41, 5.74) is 5.03. The number of H-pyrrole nitrogens is 1. The van der Waals surface area contributed by atoms with Gasteiger partial charge < -0.3 is 5.11 Å². The van der Waals surface area contributed by atoms with Crippen LogP contribution in [0.1, 0.15) is 16.1 Å². The maximum atomic E-state index is 10.9. The van der Waals surface area contributed by atoms with E-state index in [1.807, 2.05) is 36.4 Å². The lowest BCUT2D eigenvalue weighted by atomic mass is 9.97. The number of hydrogen-bond acceptors (Lipinski definition) is 2. The molecule has 0 saturated carbocycles. The van der Waals surface area contributed by atoms with Gasteiger partial charge in [0.1, 0.15) is 5.69 Å². The summed E-state index contributed by atoms with van der Waals surface area (Å²) < 4.78 is 0. The van der Waals surface area contributed by atoms with E-state index in [1.54, 1.807) is 6.07 Å². The van der Waals surface area contributed by atoms with Gasteiger partial charge in [-0.25, -0.2) is 4.79 Å². The molecule has 0 aliphatic carbocycles. The number of carboxylic acid groups (broad SMARTS) is 1. The molecule has 0 radical (unpaired) electrons. The molecule has 0 fully saturated rings. The van der Waals surface area contributed by atoms with Gasteiger partial charge in [0, 0.05) is 5.56 Å². The maximum Gasteiger partial charge on any atom is 0.353 e. The molecule has 3 rings (SSSR count). The van der Waals surface area contributed by atoms with Crippen molar-refractivity contribution < 1.29 is 9.90 Å². The van der Waals surface area contributed by atoms with E-state index in [4.69, 9.17) is 5.11 Å². The Kier molecular flexibility index (Phi) is 3.28. The molecule has 2 aromatic carbocycles. The van der Waals surface area contributed by atoms with E-state index in [2.05, 4.69) is 29.3 Å². The number of nitrogens with one attached hydrogen (secondary N) is 1. The lowest BCUT2D eigenvalue weighted by Crippen LogP contribution is -1.95.